The Labute approximate surface area is 104 Å². The highest BCUT2D eigenvalue weighted by molar-refractivity contribution is 5.76. The number of nitro groups is 1. The lowest BCUT2D eigenvalue weighted by Gasteiger charge is -2.22. The molecule has 9 heteroatoms. The second-order valence-corrected chi connectivity index (χ2v) is 4.25. The number of nitrogens with zero attached hydrogens (tertiary/aromatic N) is 4. The van der Waals surface area contributed by atoms with Crippen LogP contribution >= 0.6 is 0 Å². The fourth-order valence-corrected chi connectivity index (χ4v) is 2.03. The van der Waals surface area contributed by atoms with Gasteiger partial charge in [0.05, 0.1) is 11.3 Å². The third kappa shape index (κ3) is 2.50. The first-order chi connectivity index (χ1) is 8.59. The van der Waals surface area contributed by atoms with Gasteiger partial charge in [0.1, 0.15) is 0 Å². The van der Waals surface area contributed by atoms with Crippen LogP contribution in [0.25, 0.3) is 0 Å². The lowest BCUT2D eigenvalue weighted by atomic mass is 10.3. The molecule has 0 aliphatic carbocycles. The summed E-state index contributed by atoms with van der Waals surface area (Å²) in [6.07, 6.45) is 0.0151. The molecule has 0 saturated carbocycles. The largest absolute Gasteiger partial charge is 0.342 e. The summed E-state index contributed by atoms with van der Waals surface area (Å²) in [6, 6.07) is -0.0846. The van der Waals surface area contributed by atoms with Crippen molar-refractivity contribution >= 4 is 12.4 Å². The van der Waals surface area contributed by atoms with Gasteiger partial charge in [0.25, 0.3) is 0 Å². The fraction of sp³-hybridized carbons (Fsp3) is 0.778. The van der Waals surface area contributed by atoms with E-state index in [-0.39, 0.29) is 6.03 Å². The Balaban J connectivity index is 1.79. The zero-order valence-electron chi connectivity index (χ0n) is 10.1. The highest BCUT2D eigenvalue weighted by atomic mass is 16.6. The number of carbonyl (C=O) groups excluding carboxylic acids is 1. The molecule has 1 saturated heterocycles. The van der Waals surface area contributed by atoms with Gasteiger partial charge in [0.2, 0.25) is 0 Å². The molecular weight excluding hydrogens is 240 g/mol. The van der Waals surface area contributed by atoms with Crippen molar-refractivity contribution in [2.24, 2.45) is 4.99 Å². The van der Waals surface area contributed by atoms with Crippen LogP contribution in [-0.4, -0.2) is 72.7 Å². The van der Waals surface area contributed by atoms with Crippen molar-refractivity contribution in [3.8, 4) is 0 Å². The third-order valence-electron chi connectivity index (χ3n) is 3.02. The molecule has 1 fully saturated rings. The topological polar surface area (TPSA) is 103 Å². The molecule has 2 atom stereocenters. The first kappa shape index (κ1) is 12.6. The van der Waals surface area contributed by atoms with Crippen molar-refractivity contribution in [2.75, 3.05) is 33.2 Å². The number of nitrogens with one attached hydrogen (secondary N) is 2. The van der Waals surface area contributed by atoms with Gasteiger partial charge >= 0.3 is 12.2 Å². The van der Waals surface area contributed by atoms with E-state index in [4.69, 9.17) is 0 Å². The Morgan fingerprint density at radius 3 is 3.11 bits per heavy atom. The van der Waals surface area contributed by atoms with Crippen molar-refractivity contribution < 1.29 is 9.72 Å². The average Bonchev–Trinajstić information content (AvgIpc) is 2.87. The Morgan fingerprint density at radius 2 is 2.50 bits per heavy atom. The van der Waals surface area contributed by atoms with Crippen LogP contribution in [0.4, 0.5) is 4.79 Å². The van der Waals surface area contributed by atoms with Gasteiger partial charge in [0.15, 0.2) is 6.17 Å². The number of aliphatic imine (C=N–C) groups is 1. The van der Waals surface area contributed by atoms with Crippen LogP contribution < -0.4 is 10.6 Å². The Bertz CT molecular complexity index is 373. The van der Waals surface area contributed by atoms with Crippen LogP contribution in [0.3, 0.4) is 0 Å². The van der Waals surface area contributed by atoms with Gasteiger partial charge in [-0.25, -0.2) is 4.79 Å². The van der Waals surface area contributed by atoms with Crippen LogP contribution in [0, 0.1) is 10.1 Å². The lowest BCUT2D eigenvalue weighted by molar-refractivity contribution is -0.526. The summed E-state index contributed by atoms with van der Waals surface area (Å²) in [5.41, 5.74) is 0. The molecule has 2 unspecified atom stereocenters. The quantitative estimate of drug-likeness (QED) is 0.460. The molecule has 0 aromatic rings. The number of amides is 2. The molecule has 0 aromatic heterocycles. The second kappa shape index (κ2) is 5.17. The van der Waals surface area contributed by atoms with E-state index >= 15 is 0 Å². The van der Waals surface area contributed by atoms with Crippen LogP contribution in [-0.2, 0) is 0 Å². The van der Waals surface area contributed by atoms with Gasteiger partial charge in [-0.3, -0.25) is 15.4 Å². The molecule has 0 bridgehead atoms. The minimum absolute atomic E-state index is 0.0846. The molecule has 9 nitrogen and oxygen atoms in total. The van der Waals surface area contributed by atoms with E-state index < -0.39 is 17.3 Å². The summed E-state index contributed by atoms with van der Waals surface area (Å²) < 4.78 is 0. The van der Waals surface area contributed by atoms with Gasteiger partial charge in [-0.05, 0) is 0 Å². The maximum Gasteiger partial charge on any atom is 0.338 e. The summed E-state index contributed by atoms with van der Waals surface area (Å²) in [7, 11) is 1.73. The van der Waals surface area contributed by atoms with Gasteiger partial charge < -0.3 is 15.1 Å². The van der Waals surface area contributed by atoms with Gasteiger partial charge in [-0.2, -0.15) is 4.99 Å². The number of hydrogen-bond acceptors (Lipinski definition) is 6. The first-order valence-corrected chi connectivity index (χ1v) is 5.74. The summed E-state index contributed by atoms with van der Waals surface area (Å²) in [5, 5.41) is 16.5. The highest BCUT2D eigenvalue weighted by Gasteiger charge is 2.37. The van der Waals surface area contributed by atoms with Crippen LogP contribution in [0.1, 0.15) is 0 Å². The number of urea groups is 1. The smallest absolute Gasteiger partial charge is 0.338 e. The molecule has 2 aliphatic heterocycles. The van der Waals surface area contributed by atoms with Gasteiger partial charge in [0, 0.05) is 33.2 Å². The minimum atomic E-state index is -0.984. The number of likely N-dealkylation sites (N-methyl/N-ethyl adjacent to an activating group) is 1. The molecule has 0 aromatic carbocycles. The Morgan fingerprint density at radius 1 is 1.72 bits per heavy atom. The standard InChI is InChI=1S/C9H16N6O3/c1-13-6-12-8(15(17)18)7(13)10-2-4-14-5-3-11-9(14)16/h6-8,10H,2-5H2,1H3,(H,11,16). The van der Waals surface area contributed by atoms with E-state index in [1.165, 1.54) is 6.34 Å². The van der Waals surface area contributed by atoms with Crippen molar-refractivity contribution in [1.29, 1.82) is 0 Å². The molecule has 0 spiro atoms. The summed E-state index contributed by atoms with van der Waals surface area (Å²) in [5.74, 6) is 0. The number of hydrogen-bond donors (Lipinski definition) is 2. The molecule has 100 valence electrons. The monoisotopic (exact) mass is 256 g/mol. The number of carbonyl (C=O) groups is 1. The Hall–Kier alpha value is -1.90. The Kier molecular flexibility index (Phi) is 3.60. The zero-order chi connectivity index (χ0) is 13.1. The van der Waals surface area contributed by atoms with Gasteiger partial charge in [-0.1, -0.05) is 0 Å². The number of rotatable bonds is 5. The molecule has 2 amide bonds. The summed E-state index contributed by atoms with van der Waals surface area (Å²) in [6.45, 7) is 2.36. The zero-order valence-corrected chi connectivity index (χ0v) is 10.1. The highest BCUT2D eigenvalue weighted by Crippen LogP contribution is 2.09. The van der Waals surface area contributed by atoms with E-state index in [0.29, 0.717) is 26.2 Å². The predicted octanol–water partition coefficient (Wildman–Crippen LogP) is -1.50. The van der Waals surface area contributed by atoms with E-state index in [0.717, 1.165) is 0 Å². The second-order valence-electron chi connectivity index (χ2n) is 4.25. The van der Waals surface area contributed by atoms with E-state index in [1.807, 2.05) is 0 Å². The molecule has 18 heavy (non-hydrogen) atoms. The normalized spacial score (nSPS) is 26.8. The van der Waals surface area contributed by atoms with Crippen molar-refractivity contribution in [1.82, 2.24) is 20.4 Å². The van der Waals surface area contributed by atoms with Crippen LogP contribution in [0.2, 0.25) is 0 Å². The molecule has 2 heterocycles. The van der Waals surface area contributed by atoms with Gasteiger partial charge in [-0.15, -0.1) is 0 Å². The molecule has 2 rings (SSSR count). The predicted molar refractivity (Wildman–Crippen MR) is 63.8 cm³/mol. The molecule has 2 aliphatic rings. The van der Waals surface area contributed by atoms with Crippen LogP contribution in [0.5, 0.6) is 0 Å². The summed E-state index contributed by atoms with van der Waals surface area (Å²) >= 11 is 0. The minimum Gasteiger partial charge on any atom is -0.342 e. The van der Waals surface area contributed by atoms with E-state index in [1.54, 1.807) is 16.8 Å². The summed E-state index contributed by atoms with van der Waals surface area (Å²) in [4.78, 5) is 28.8. The van der Waals surface area contributed by atoms with Crippen molar-refractivity contribution in [3.05, 3.63) is 10.1 Å². The van der Waals surface area contributed by atoms with Crippen molar-refractivity contribution in [3.63, 3.8) is 0 Å². The average molecular weight is 256 g/mol. The molecular formula is C9H16N6O3. The molecule has 0 radical (unpaired) electrons. The fourth-order valence-electron chi connectivity index (χ4n) is 2.03. The van der Waals surface area contributed by atoms with Crippen LogP contribution in [0.15, 0.2) is 4.99 Å². The SMILES string of the molecule is CN1C=NC([N+](=O)[O-])C1NCCN1CCNC1=O. The van der Waals surface area contributed by atoms with Crippen molar-refractivity contribution in [2.45, 2.75) is 12.3 Å². The first-order valence-electron chi connectivity index (χ1n) is 5.74. The third-order valence-corrected chi connectivity index (χ3v) is 3.02. The molecule has 2 N–H and O–H groups in total. The maximum absolute atomic E-state index is 11.3. The maximum atomic E-state index is 11.3. The van der Waals surface area contributed by atoms with E-state index in [2.05, 4.69) is 15.6 Å². The lowest BCUT2D eigenvalue weighted by Crippen LogP contribution is -2.50. The van der Waals surface area contributed by atoms with E-state index in [9.17, 15) is 14.9 Å².